The van der Waals surface area contributed by atoms with E-state index in [1.807, 2.05) is 37.3 Å². The molecule has 2 rings (SSSR count). The molecule has 2 N–H and O–H groups in total. The zero-order valence-corrected chi connectivity index (χ0v) is 13.2. The van der Waals surface area contributed by atoms with E-state index < -0.39 is 5.97 Å². The predicted octanol–water partition coefficient (Wildman–Crippen LogP) is 1.58. The van der Waals surface area contributed by atoms with Gasteiger partial charge in [-0.15, -0.1) is 0 Å². The Morgan fingerprint density at radius 3 is 2.61 bits per heavy atom. The first-order valence-electron chi connectivity index (χ1n) is 7.86. The average Bonchev–Trinajstić information content (AvgIpc) is 2.93. The van der Waals surface area contributed by atoms with Gasteiger partial charge in [-0.25, -0.2) is 0 Å². The van der Waals surface area contributed by atoms with Crippen LogP contribution in [0.5, 0.6) is 0 Å². The van der Waals surface area contributed by atoms with Crippen molar-refractivity contribution < 1.29 is 19.5 Å². The van der Waals surface area contributed by atoms with Gasteiger partial charge in [-0.2, -0.15) is 0 Å². The maximum Gasteiger partial charge on any atom is 0.303 e. The molecule has 1 aromatic rings. The highest BCUT2D eigenvalue weighted by Gasteiger charge is 2.34. The molecule has 2 atom stereocenters. The maximum absolute atomic E-state index is 12.4. The summed E-state index contributed by atoms with van der Waals surface area (Å²) in [6.45, 7) is 2.92. The largest absolute Gasteiger partial charge is 0.481 e. The van der Waals surface area contributed by atoms with E-state index in [9.17, 15) is 14.4 Å². The summed E-state index contributed by atoms with van der Waals surface area (Å²) in [6.07, 6.45) is 0.522. The Hall–Kier alpha value is -2.37. The predicted molar refractivity (Wildman–Crippen MR) is 84.6 cm³/mol. The van der Waals surface area contributed by atoms with Gasteiger partial charge in [0.05, 0.1) is 12.0 Å². The zero-order valence-electron chi connectivity index (χ0n) is 13.2. The van der Waals surface area contributed by atoms with Crippen LogP contribution in [0.15, 0.2) is 30.3 Å². The van der Waals surface area contributed by atoms with Crippen molar-refractivity contribution in [2.75, 3.05) is 13.1 Å². The van der Waals surface area contributed by atoms with Crippen LogP contribution in [-0.4, -0.2) is 40.9 Å². The molecule has 6 heteroatoms. The van der Waals surface area contributed by atoms with Gasteiger partial charge in [-0.05, 0) is 18.9 Å². The van der Waals surface area contributed by atoms with E-state index in [2.05, 4.69) is 5.32 Å². The molecule has 6 nitrogen and oxygen atoms in total. The Bertz CT molecular complexity index is 573. The number of benzene rings is 1. The number of nitrogens with one attached hydrogen (secondary N) is 1. The van der Waals surface area contributed by atoms with Crippen molar-refractivity contribution in [3.05, 3.63) is 35.9 Å². The number of carbonyl (C=O) groups is 3. The first-order chi connectivity index (χ1) is 11.0. The topological polar surface area (TPSA) is 86.7 Å². The van der Waals surface area contributed by atoms with Gasteiger partial charge in [-0.3, -0.25) is 14.4 Å². The maximum atomic E-state index is 12.4. The summed E-state index contributed by atoms with van der Waals surface area (Å²) >= 11 is 0. The Morgan fingerprint density at radius 1 is 1.35 bits per heavy atom. The molecule has 1 heterocycles. The monoisotopic (exact) mass is 318 g/mol. The molecule has 0 aromatic heterocycles. The second-order valence-corrected chi connectivity index (χ2v) is 5.74. The number of aliphatic carboxylic acids is 1. The van der Waals surface area contributed by atoms with Crippen LogP contribution in [0, 0.1) is 5.92 Å². The minimum absolute atomic E-state index is 0.00514. The molecule has 1 saturated heterocycles. The molecule has 23 heavy (non-hydrogen) atoms. The number of amides is 2. The van der Waals surface area contributed by atoms with Crippen molar-refractivity contribution in [2.45, 2.75) is 32.2 Å². The molecule has 0 unspecified atom stereocenters. The molecule has 1 aliphatic rings. The van der Waals surface area contributed by atoms with Crippen LogP contribution in [0.4, 0.5) is 0 Å². The normalized spacial score (nSPS) is 18.7. The molecule has 0 saturated carbocycles. The molecule has 1 fully saturated rings. The molecule has 0 bridgehead atoms. The third-order valence-electron chi connectivity index (χ3n) is 4.13. The van der Waals surface area contributed by atoms with E-state index in [0.717, 1.165) is 5.56 Å². The highest BCUT2D eigenvalue weighted by molar-refractivity contribution is 5.89. The molecule has 2 amide bonds. The van der Waals surface area contributed by atoms with E-state index in [-0.39, 0.29) is 36.6 Å². The molecular weight excluding hydrogens is 296 g/mol. The van der Waals surface area contributed by atoms with Gasteiger partial charge in [0.15, 0.2) is 0 Å². The average molecular weight is 318 g/mol. The van der Waals surface area contributed by atoms with Crippen LogP contribution in [0.1, 0.15) is 37.8 Å². The van der Waals surface area contributed by atoms with Crippen LogP contribution in [0.25, 0.3) is 0 Å². The number of likely N-dealkylation sites (tertiary alicyclic amines) is 1. The van der Waals surface area contributed by atoms with Crippen molar-refractivity contribution >= 4 is 17.8 Å². The molecule has 1 aromatic carbocycles. The van der Waals surface area contributed by atoms with Crippen LogP contribution in [0.3, 0.4) is 0 Å². The molecule has 0 spiro atoms. The van der Waals surface area contributed by atoms with Gasteiger partial charge >= 0.3 is 5.97 Å². The Labute approximate surface area is 135 Å². The number of carboxylic acid groups (broad SMARTS) is 1. The van der Waals surface area contributed by atoms with E-state index in [1.165, 1.54) is 0 Å². The van der Waals surface area contributed by atoms with Crippen LogP contribution in [0.2, 0.25) is 0 Å². The highest BCUT2D eigenvalue weighted by Crippen LogP contribution is 2.22. The Kier molecular flexibility index (Phi) is 5.73. The fourth-order valence-electron chi connectivity index (χ4n) is 2.82. The molecule has 0 aliphatic carbocycles. The second kappa shape index (κ2) is 7.76. The molecular formula is C17H22N2O4. The minimum atomic E-state index is -0.895. The van der Waals surface area contributed by atoms with E-state index in [1.54, 1.807) is 4.90 Å². The summed E-state index contributed by atoms with van der Waals surface area (Å²) in [5, 5.41) is 11.8. The number of hydrogen-bond acceptors (Lipinski definition) is 3. The number of hydrogen-bond donors (Lipinski definition) is 2. The van der Waals surface area contributed by atoms with E-state index in [0.29, 0.717) is 19.5 Å². The number of rotatable bonds is 7. The van der Waals surface area contributed by atoms with Crippen LogP contribution < -0.4 is 5.32 Å². The first kappa shape index (κ1) is 17.0. The van der Waals surface area contributed by atoms with Gasteiger partial charge in [0.1, 0.15) is 0 Å². The van der Waals surface area contributed by atoms with Crippen molar-refractivity contribution in [3.8, 4) is 0 Å². The van der Waals surface area contributed by atoms with E-state index in [4.69, 9.17) is 5.11 Å². The highest BCUT2D eigenvalue weighted by atomic mass is 16.4. The number of carbonyl (C=O) groups excluding carboxylic acids is 2. The fraction of sp³-hybridized carbons (Fsp3) is 0.471. The lowest BCUT2D eigenvalue weighted by molar-refractivity contribution is -0.137. The van der Waals surface area contributed by atoms with Crippen LogP contribution in [-0.2, 0) is 14.4 Å². The summed E-state index contributed by atoms with van der Waals surface area (Å²) in [6, 6.07) is 8.95. The zero-order chi connectivity index (χ0) is 16.8. The lowest BCUT2D eigenvalue weighted by Crippen LogP contribution is -2.35. The fourth-order valence-corrected chi connectivity index (χ4v) is 2.82. The Morgan fingerprint density at radius 2 is 2.04 bits per heavy atom. The third-order valence-corrected chi connectivity index (χ3v) is 4.13. The Balaban J connectivity index is 2.04. The van der Waals surface area contributed by atoms with E-state index >= 15 is 0 Å². The van der Waals surface area contributed by atoms with Gasteiger partial charge in [-0.1, -0.05) is 30.3 Å². The molecule has 0 radical (unpaired) electrons. The van der Waals surface area contributed by atoms with Crippen molar-refractivity contribution in [2.24, 2.45) is 5.92 Å². The lowest BCUT2D eigenvalue weighted by Gasteiger charge is -2.21. The summed E-state index contributed by atoms with van der Waals surface area (Å²) in [5.41, 5.74) is 0.874. The second-order valence-electron chi connectivity index (χ2n) is 5.74. The quantitative estimate of drug-likeness (QED) is 0.799. The van der Waals surface area contributed by atoms with Gasteiger partial charge < -0.3 is 15.3 Å². The third kappa shape index (κ3) is 4.55. The van der Waals surface area contributed by atoms with Gasteiger partial charge in [0, 0.05) is 25.9 Å². The smallest absolute Gasteiger partial charge is 0.303 e. The number of carboxylic acids is 1. The SMILES string of the molecule is CCN1C[C@H](C(=O)N[C@@H](CCC(=O)O)c2ccccc2)CC1=O. The lowest BCUT2D eigenvalue weighted by atomic mass is 10.00. The standard InChI is InChI=1S/C17H22N2O4/c1-2-19-11-13(10-15(19)20)17(23)18-14(8-9-16(21)22)12-6-4-3-5-7-12/h3-7,13-14H,2,8-11H2,1H3,(H,18,23)(H,21,22)/t13-,14+/m1/s1. The molecule has 124 valence electrons. The molecule has 1 aliphatic heterocycles. The van der Waals surface area contributed by atoms with Crippen molar-refractivity contribution in [3.63, 3.8) is 0 Å². The van der Waals surface area contributed by atoms with Crippen molar-refractivity contribution in [1.29, 1.82) is 0 Å². The van der Waals surface area contributed by atoms with Gasteiger partial charge in [0.25, 0.3) is 0 Å². The first-order valence-corrected chi connectivity index (χ1v) is 7.86. The minimum Gasteiger partial charge on any atom is -0.481 e. The van der Waals surface area contributed by atoms with Crippen LogP contribution >= 0.6 is 0 Å². The summed E-state index contributed by atoms with van der Waals surface area (Å²) in [4.78, 5) is 36.7. The summed E-state index contributed by atoms with van der Waals surface area (Å²) in [5.74, 6) is -1.45. The summed E-state index contributed by atoms with van der Waals surface area (Å²) < 4.78 is 0. The van der Waals surface area contributed by atoms with Crippen molar-refractivity contribution in [1.82, 2.24) is 10.2 Å². The van der Waals surface area contributed by atoms with Gasteiger partial charge in [0.2, 0.25) is 11.8 Å². The number of nitrogens with zero attached hydrogens (tertiary/aromatic N) is 1. The summed E-state index contributed by atoms with van der Waals surface area (Å²) in [7, 11) is 0.